The van der Waals surface area contributed by atoms with Gasteiger partial charge >= 0.3 is 0 Å². The fraction of sp³-hybridized carbons (Fsp3) is 0.667. The normalized spacial score (nSPS) is 37.5. The van der Waals surface area contributed by atoms with E-state index in [1.54, 1.807) is 17.0 Å². The lowest BCUT2D eigenvalue weighted by Gasteiger charge is -2.56. The van der Waals surface area contributed by atoms with Gasteiger partial charge < -0.3 is 0 Å². The fourth-order valence-electron chi connectivity index (χ4n) is 5.65. The Morgan fingerprint density at radius 2 is 1.90 bits per heavy atom. The Morgan fingerprint density at radius 1 is 1.29 bits per heavy atom. The summed E-state index contributed by atoms with van der Waals surface area (Å²) in [5.41, 5.74) is 1.36. The van der Waals surface area contributed by atoms with Crippen LogP contribution in [0.3, 0.4) is 0 Å². The number of hydrogen-bond acceptors (Lipinski definition) is 2. The van der Waals surface area contributed by atoms with E-state index in [0.29, 0.717) is 11.2 Å². The molecule has 1 heterocycles. The Balaban J connectivity index is 1.43. The van der Waals surface area contributed by atoms with Crippen LogP contribution < -0.4 is 0 Å². The molecule has 21 heavy (non-hydrogen) atoms. The van der Waals surface area contributed by atoms with Crippen molar-refractivity contribution in [1.82, 2.24) is 9.78 Å². The van der Waals surface area contributed by atoms with Gasteiger partial charge in [-0.1, -0.05) is 0 Å². The summed E-state index contributed by atoms with van der Waals surface area (Å²) in [6.45, 7) is 0. The van der Waals surface area contributed by atoms with E-state index in [0.717, 1.165) is 29.7 Å². The standard InChI is InChI=1S/C18H24N2O/c1-20-12-13(11-19-20)2-3-17(21)10-18-7-14-4-15(8-18)6-16(5-14)9-18/h2-3,11-12,14-16H,4-10H2,1H3. The SMILES string of the molecule is Cn1cc(C=CC(=O)CC23CC4CC(CC(C4)C2)C3)cn1. The Hall–Kier alpha value is -1.38. The van der Waals surface area contributed by atoms with Gasteiger partial charge in [-0.05, 0) is 73.8 Å². The molecule has 4 aliphatic carbocycles. The molecular formula is C18H24N2O. The molecular weight excluding hydrogens is 260 g/mol. The van der Waals surface area contributed by atoms with Crippen LogP contribution in [0.1, 0.15) is 50.5 Å². The van der Waals surface area contributed by atoms with Crippen molar-refractivity contribution in [3.63, 3.8) is 0 Å². The topological polar surface area (TPSA) is 34.9 Å². The van der Waals surface area contributed by atoms with Crippen molar-refractivity contribution >= 4 is 11.9 Å². The van der Waals surface area contributed by atoms with Crippen molar-refractivity contribution in [3.05, 3.63) is 24.0 Å². The van der Waals surface area contributed by atoms with Crippen LogP contribution in [0.15, 0.2) is 18.5 Å². The number of nitrogens with zero attached hydrogens (tertiary/aromatic N) is 2. The van der Waals surface area contributed by atoms with Gasteiger partial charge in [-0.3, -0.25) is 9.48 Å². The van der Waals surface area contributed by atoms with E-state index in [1.165, 1.54) is 38.5 Å². The van der Waals surface area contributed by atoms with Crippen LogP contribution in [-0.2, 0) is 11.8 Å². The van der Waals surface area contributed by atoms with E-state index >= 15 is 0 Å². The average Bonchev–Trinajstić information content (AvgIpc) is 2.80. The van der Waals surface area contributed by atoms with Crippen molar-refractivity contribution < 1.29 is 4.79 Å². The minimum atomic E-state index is 0.306. The number of carbonyl (C=O) groups excluding carboxylic acids is 1. The van der Waals surface area contributed by atoms with Gasteiger partial charge in [0.15, 0.2) is 5.78 Å². The second-order valence-corrected chi connectivity index (χ2v) is 7.84. The van der Waals surface area contributed by atoms with Crippen LogP contribution >= 0.6 is 0 Å². The summed E-state index contributed by atoms with van der Waals surface area (Å²) in [6.07, 6.45) is 16.5. The summed E-state index contributed by atoms with van der Waals surface area (Å²) in [7, 11) is 1.90. The third-order valence-corrected chi connectivity index (χ3v) is 5.90. The molecule has 4 bridgehead atoms. The molecule has 4 fully saturated rings. The highest BCUT2D eigenvalue weighted by atomic mass is 16.1. The summed E-state index contributed by atoms with van der Waals surface area (Å²) in [5.74, 6) is 3.07. The monoisotopic (exact) mass is 284 g/mol. The molecule has 0 amide bonds. The predicted molar refractivity (Wildman–Crippen MR) is 82.5 cm³/mol. The summed E-state index contributed by atoms with van der Waals surface area (Å²) < 4.78 is 1.77. The summed E-state index contributed by atoms with van der Waals surface area (Å²) in [6, 6.07) is 0. The van der Waals surface area contributed by atoms with Crippen molar-refractivity contribution in [2.24, 2.45) is 30.2 Å². The smallest absolute Gasteiger partial charge is 0.156 e. The van der Waals surface area contributed by atoms with E-state index in [4.69, 9.17) is 0 Å². The maximum absolute atomic E-state index is 12.4. The van der Waals surface area contributed by atoms with Crippen molar-refractivity contribution in [3.8, 4) is 0 Å². The second-order valence-electron chi connectivity index (χ2n) is 7.84. The van der Waals surface area contributed by atoms with Crippen molar-refractivity contribution in [1.29, 1.82) is 0 Å². The molecule has 3 nitrogen and oxygen atoms in total. The predicted octanol–water partition coefficient (Wildman–Crippen LogP) is 3.61. The lowest BCUT2D eigenvalue weighted by atomic mass is 9.48. The molecule has 1 aromatic heterocycles. The second kappa shape index (κ2) is 4.82. The minimum absolute atomic E-state index is 0.306. The van der Waals surface area contributed by atoms with Crippen molar-refractivity contribution in [2.75, 3.05) is 0 Å². The Kier molecular flexibility index (Phi) is 3.05. The molecule has 4 saturated carbocycles. The van der Waals surface area contributed by atoms with Crippen LogP contribution in [0, 0.1) is 23.2 Å². The molecule has 0 N–H and O–H groups in total. The van der Waals surface area contributed by atoms with Gasteiger partial charge in [0.2, 0.25) is 0 Å². The average molecular weight is 284 g/mol. The van der Waals surface area contributed by atoms with Gasteiger partial charge in [0, 0.05) is 25.2 Å². The van der Waals surface area contributed by atoms with E-state index in [2.05, 4.69) is 5.10 Å². The maximum atomic E-state index is 12.4. The summed E-state index contributed by atoms with van der Waals surface area (Å²) in [5, 5.41) is 4.13. The number of aromatic nitrogens is 2. The number of rotatable bonds is 4. The zero-order chi connectivity index (χ0) is 14.4. The molecule has 4 aliphatic rings. The van der Waals surface area contributed by atoms with Crippen LogP contribution in [-0.4, -0.2) is 15.6 Å². The molecule has 0 atom stereocenters. The van der Waals surface area contributed by atoms with Gasteiger partial charge in [0.1, 0.15) is 0 Å². The van der Waals surface area contributed by atoms with Crippen LogP contribution in [0.25, 0.3) is 6.08 Å². The number of allylic oxidation sites excluding steroid dienone is 1. The maximum Gasteiger partial charge on any atom is 0.156 e. The molecule has 0 radical (unpaired) electrons. The first kappa shape index (κ1) is 13.3. The zero-order valence-electron chi connectivity index (χ0n) is 12.8. The third-order valence-electron chi connectivity index (χ3n) is 5.90. The van der Waals surface area contributed by atoms with E-state index in [1.807, 2.05) is 19.3 Å². The number of aryl methyl sites for hydroxylation is 1. The molecule has 0 spiro atoms. The lowest BCUT2D eigenvalue weighted by Crippen LogP contribution is -2.46. The summed E-state index contributed by atoms with van der Waals surface area (Å²) in [4.78, 5) is 12.4. The Morgan fingerprint density at radius 3 is 2.43 bits per heavy atom. The highest BCUT2D eigenvalue weighted by Crippen LogP contribution is 2.61. The minimum Gasteiger partial charge on any atom is -0.295 e. The van der Waals surface area contributed by atoms with Gasteiger partial charge in [-0.2, -0.15) is 5.10 Å². The number of hydrogen-bond donors (Lipinski definition) is 0. The molecule has 5 rings (SSSR count). The van der Waals surface area contributed by atoms with Gasteiger partial charge in [-0.25, -0.2) is 0 Å². The van der Waals surface area contributed by atoms with Gasteiger partial charge in [0.05, 0.1) is 6.20 Å². The summed E-state index contributed by atoms with van der Waals surface area (Å²) >= 11 is 0. The number of ketones is 1. The molecule has 0 aliphatic heterocycles. The third kappa shape index (κ3) is 2.58. The Labute approximate surface area is 126 Å². The molecule has 112 valence electrons. The highest BCUT2D eigenvalue weighted by Gasteiger charge is 2.51. The lowest BCUT2D eigenvalue weighted by molar-refractivity contribution is -0.122. The molecule has 0 aromatic carbocycles. The van der Waals surface area contributed by atoms with E-state index in [9.17, 15) is 4.79 Å². The van der Waals surface area contributed by atoms with E-state index in [-0.39, 0.29) is 0 Å². The molecule has 1 aromatic rings. The van der Waals surface area contributed by atoms with Gasteiger partial charge in [-0.15, -0.1) is 0 Å². The Bertz CT molecular complexity index is 549. The highest BCUT2D eigenvalue weighted by molar-refractivity contribution is 5.94. The first-order valence-electron chi connectivity index (χ1n) is 8.30. The molecule has 0 saturated heterocycles. The fourth-order valence-corrected chi connectivity index (χ4v) is 5.65. The van der Waals surface area contributed by atoms with Crippen LogP contribution in [0.5, 0.6) is 0 Å². The van der Waals surface area contributed by atoms with Crippen molar-refractivity contribution in [2.45, 2.75) is 44.9 Å². The number of carbonyl (C=O) groups is 1. The van der Waals surface area contributed by atoms with Crippen LogP contribution in [0.2, 0.25) is 0 Å². The largest absolute Gasteiger partial charge is 0.295 e. The van der Waals surface area contributed by atoms with Gasteiger partial charge in [0.25, 0.3) is 0 Å². The molecule has 0 unspecified atom stereocenters. The van der Waals surface area contributed by atoms with E-state index < -0.39 is 0 Å². The quantitative estimate of drug-likeness (QED) is 0.792. The first-order valence-corrected chi connectivity index (χ1v) is 8.30. The van der Waals surface area contributed by atoms with Crippen LogP contribution in [0.4, 0.5) is 0 Å². The molecule has 3 heteroatoms. The first-order chi connectivity index (χ1) is 10.1. The zero-order valence-corrected chi connectivity index (χ0v) is 12.8.